The minimum atomic E-state index is -3.78. The van der Waals surface area contributed by atoms with Gasteiger partial charge < -0.3 is 5.11 Å². The van der Waals surface area contributed by atoms with Crippen LogP contribution in [-0.4, -0.2) is 61.6 Å². The van der Waals surface area contributed by atoms with Crippen molar-refractivity contribution in [1.29, 1.82) is 0 Å². The Bertz CT molecular complexity index is 1420. The molecule has 0 saturated carbocycles. The molecule has 1 heterocycles. The third kappa shape index (κ3) is 5.79. The molecule has 1 N–H and O–H groups in total. The number of benzene rings is 3. The van der Waals surface area contributed by atoms with Crippen LogP contribution in [0.4, 0.5) is 14.9 Å². The molecule has 0 bridgehead atoms. The van der Waals surface area contributed by atoms with Gasteiger partial charge >= 0.3 is 6.09 Å². The zero-order valence-electron chi connectivity index (χ0n) is 23.1. The number of carboxylic acid groups (broad SMARTS) is 1. The van der Waals surface area contributed by atoms with Crippen molar-refractivity contribution in [3.8, 4) is 11.1 Å². The van der Waals surface area contributed by atoms with Gasteiger partial charge in [0, 0.05) is 33.2 Å². The molecule has 208 valence electrons. The number of halogens is 1. The van der Waals surface area contributed by atoms with Gasteiger partial charge in [0.2, 0.25) is 0 Å². The van der Waals surface area contributed by atoms with E-state index in [9.17, 15) is 22.7 Å². The van der Waals surface area contributed by atoms with Crippen LogP contribution in [0.25, 0.3) is 11.1 Å². The Kier molecular flexibility index (Phi) is 7.78. The summed E-state index contributed by atoms with van der Waals surface area (Å²) in [5.41, 5.74) is 2.37. The van der Waals surface area contributed by atoms with Crippen molar-refractivity contribution in [1.82, 2.24) is 9.80 Å². The van der Waals surface area contributed by atoms with Crippen molar-refractivity contribution >= 4 is 21.8 Å². The highest BCUT2D eigenvalue weighted by Gasteiger charge is 2.48. The molecule has 1 aliphatic heterocycles. The Hall–Kier alpha value is -3.43. The van der Waals surface area contributed by atoms with Crippen molar-refractivity contribution in [3.05, 3.63) is 84.2 Å². The topological polar surface area (TPSA) is 81.2 Å². The van der Waals surface area contributed by atoms with E-state index >= 15 is 0 Å². The molecule has 1 amide bonds. The molecule has 0 aromatic heterocycles. The molecule has 3 aromatic rings. The van der Waals surface area contributed by atoms with Crippen LogP contribution < -0.4 is 4.31 Å². The fourth-order valence-electron chi connectivity index (χ4n) is 5.00. The van der Waals surface area contributed by atoms with E-state index in [1.807, 2.05) is 19.1 Å². The summed E-state index contributed by atoms with van der Waals surface area (Å²) >= 11 is 0. The molecule has 1 aliphatic rings. The predicted molar refractivity (Wildman–Crippen MR) is 152 cm³/mol. The predicted octanol–water partition coefficient (Wildman–Crippen LogP) is 5.92. The number of piperazine rings is 1. The van der Waals surface area contributed by atoms with Crippen LogP contribution in [0.2, 0.25) is 0 Å². The highest BCUT2D eigenvalue weighted by atomic mass is 32.2. The first-order valence-corrected chi connectivity index (χ1v) is 14.3. The summed E-state index contributed by atoms with van der Waals surface area (Å²) in [5.74, 6) is -0.324. The van der Waals surface area contributed by atoms with Crippen LogP contribution in [0.1, 0.15) is 33.3 Å². The van der Waals surface area contributed by atoms with Crippen LogP contribution in [0.5, 0.6) is 0 Å². The second-order valence-electron chi connectivity index (χ2n) is 11.3. The Labute approximate surface area is 230 Å². The van der Waals surface area contributed by atoms with Gasteiger partial charge in [-0.15, -0.1) is 0 Å². The number of carbonyl (C=O) groups is 1. The van der Waals surface area contributed by atoms with E-state index in [0.29, 0.717) is 31.9 Å². The third-order valence-corrected chi connectivity index (χ3v) is 9.81. The summed E-state index contributed by atoms with van der Waals surface area (Å²) in [5, 5.41) is 9.76. The van der Waals surface area contributed by atoms with E-state index < -0.39 is 21.7 Å². The summed E-state index contributed by atoms with van der Waals surface area (Å²) in [7, 11) is -2.26. The SMILES string of the molecule is CN(c1ccc(CN2CCN(C(=O)O)[C@@](C)(C(C)(C)C)C2)cc1)S(=O)(=O)c1ccc(-c2ccc(F)cc2)cc1. The molecule has 1 atom stereocenters. The Morgan fingerprint density at radius 3 is 2.00 bits per heavy atom. The number of nitrogens with zero attached hydrogens (tertiary/aromatic N) is 3. The largest absolute Gasteiger partial charge is 0.465 e. The first kappa shape index (κ1) is 28.6. The van der Waals surface area contributed by atoms with Gasteiger partial charge in [-0.05, 0) is 65.4 Å². The standard InChI is InChI=1S/C30H36FN3O4S/c1-29(2,3)30(4)21-33(18-19-34(30)28(35)36)20-22-6-14-26(15-7-22)32(5)39(37,38)27-16-10-24(11-17-27)23-8-12-25(31)13-9-23/h6-17H,18-21H2,1-5H3,(H,35,36)/t30-/m1/s1. The number of hydrogen-bond acceptors (Lipinski definition) is 4. The van der Waals surface area contributed by atoms with Crippen LogP contribution in [0.3, 0.4) is 0 Å². The molecule has 1 fully saturated rings. The van der Waals surface area contributed by atoms with Crippen LogP contribution >= 0.6 is 0 Å². The van der Waals surface area contributed by atoms with E-state index in [1.165, 1.54) is 23.5 Å². The van der Waals surface area contributed by atoms with Crippen LogP contribution in [-0.2, 0) is 16.6 Å². The van der Waals surface area contributed by atoms with Crippen LogP contribution in [0.15, 0.2) is 77.7 Å². The molecule has 0 unspecified atom stereocenters. The molecule has 39 heavy (non-hydrogen) atoms. The molecule has 0 spiro atoms. The summed E-state index contributed by atoms with van der Waals surface area (Å²) < 4.78 is 41.1. The zero-order valence-corrected chi connectivity index (χ0v) is 23.9. The van der Waals surface area contributed by atoms with Gasteiger partial charge in [-0.1, -0.05) is 57.2 Å². The number of amides is 1. The maximum absolute atomic E-state index is 13.3. The first-order chi connectivity index (χ1) is 18.2. The maximum Gasteiger partial charge on any atom is 0.407 e. The van der Waals surface area contributed by atoms with Crippen molar-refractivity contribution in [2.24, 2.45) is 5.41 Å². The second-order valence-corrected chi connectivity index (χ2v) is 13.3. The molecule has 0 aliphatic carbocycles. The van der Waals surface area contributed by atoms with Gasteiger partial charge in [0.1, 0.15) is 5.82 Å². The van der Waals surface area contributed by atoms with Gasteiger partial charge in [-0.2, -0.15) is 0 Å². The lowest BCUT2D eigenvalue weighted by molar-refractivity contribution is -0.0462. The monoisotopic (exact) mass is 553 g/mol. The maximum atomic E-state index is 13.3. The van der Waals surface area contributed by atoms with Crippen molar-refractivity contribution in [2.45, 2.75) is 44.7 Å². The molecule has 0 radical (unpaired) electrons. The van der Waals surface area contributed by atoms with Crippen molar-refractivity contribution in [2.75, 3.05) is 31.0 Å². The zero-order chi connectivity index (χ0) is 28.6. The van der Waals surface area contributed by atoms with E-state index in [4.69, 9.17) is 0 Å². The average Bonchev–Trinajstić information content (AvgIpc) is 2.88. The fraction of sp³-hybridized carbons (Fsp3) is 0.367. The highest BCUT2D eigenvalue weighted by Crippen LogP contribution is 2.39. The van der Waals surface area contributed by atoms with E-state index in [0.717, 1.165) is 16.7 Å². The Morgan fingerprint density at radius 1 is 0.949 bits per heavy atom. The molecular weight excluding hydrogens is 517 g/mol. The lowest BCUT2D eigenvalue weighted by Gasteiger charge is -2.54. The lowest BCUT2D eigenvalue weighted by atomic mass is 9.72. The number of sulfonamides is 1. The fourth-order valence-corrected chi connectivity index (χ4v) is 6.20. The quantitative estimate of drug-likeness (QED) is 0.410. The van der Waals surface area contributed by atoms with Gasteiger partial charge in [-0.25, -0.2) is 17.6 Å². The summed E-state index contributed by atoms with van der Waals surface area (Å²) in [6.07, 6.45) is -0.897. The third-order valence-electron chi connectivity index (χ3n) is 8.01. The molecular formula is C30H36FN3O4S. The van der Waals surface area contributed by atoms with Crippen molar-refractivity contribution in [3.63, 3.8) is 0 Å². The first-order valence-electron chi connectivity index (χ1n) is 12.9. The van der Waals surface area contributed by atoms with Gasteiger partial charge in [-0.3, -0.25) is 14.1 Å². The minimum Gasteiger partial charge on any atom is -0.465 e. The molecule has 1 saturated heterocycles. The van der Waals surface area contributed by atoms with Crippen molar-refractivity contribution < 1.29 is 22.7 Å². The van der Waals surface area contributed by atoms with Gasteiger partial charge in [0.05, 0.1) is 16.1 Å². The second kappa shape index (κ2) is 10.6. The van der Waals surface area contributed by atoms with E-state index in [2.05, 4.69) is 25.7 Å². The summed E-state index contributed by atoms with van der Waals surface area (Å²) in [6.45, 7) is 10.5. The Balaban J connectivity index is 1.46. The number of hydrogen-bond donors (Lipinski definition) is 1. The van der Waals surface area contributed by atoms with Gasteiger partial charge in [0.15, 0.2) is 0 Å². The Morgan fingerprint density at radius 2 is 1.49 bits per heavy atom. The smallest absolute Gasteiger partial charge is 0.407 e. The van der Waals surface area contributed by atoms with E-state index in [-0.39, 0.29) is 16.1 Å². The molecule has 9 heteroatoms. The highest BCUT2D eigenvalue weighted by molar-refractivity contribution is 7.92. The van der Waals surface area contributed by atoms with E-state index in [1.54, 1.807) is 53.4 Å². The average molecular weight is 554 g/mol. The number of rotatable bonds is 6. The normalized spacial score (nSPS) is 18.7. The summed E-state index contributed by atoms with van der Waals surface area (Å²) in [6, 6.07) is 20.0. The van der Waals surface area contributed by atoms with Crippen LogP contribution in [0, 0.1) is 11.2 Å². The summed E-state index contributed by atoms with van der Waals surface area (Å²) in [4.78, 5) is 15.9. The number of anilines is 1. The van der Waals surface area contributed by atoms with Gasteiger partial charge in [0.25, 0.3) is 10.0 Å². The lowest BCUT2D eigenvalue weighted by Crippen LogP contribution is -2.67. The minimum absolute atomic E-state index is 0.165. The molecule has 4 rings (SSSR count). The molecule has 3 aromatic carbocycles. The molecule has 7 nitrogen and oxygen atoms in total.